The Morgan fingerprint density at radius 3 is 2.23 bits per heavy atom. The molecule has 2 aromatic rings. The van der Waals surface area contributed by atoms with Gasteiger partial charge in [-0.15, -0.1) is 0 Å². The first-order valence-corrected chi connectivity index (χ1v) is 10.4. The van der Waals surface area contributed by atoms with Crippen LogP contribution in [-0.4, -0.2) is 18.1 Å². The fourth-order valence-corrected chi connectivity index (χ4v) is 3.27. The van der Waals surface area contributed by atoms with Crippen molar-refractivity contribution in [2.45, 2.75) is 56.8 Å². The quantitative estimate of drug-likeness (QED) is 0.431. The summed E-state index contributed by atoms with van der Waals surface area (Å²) in [6.07, 6.45) is 7.70. The Morgan fingerprint density at radius 1 is 0.923 bits per heavy atom. The van der Waals surface area contributed by atoms with Gasteiger partial charge < -0.3 is 9.84 Å². The van der Waals surface area contributed by atoms with Crippen molar-refractivity contribution in [1.82, 2.24) is 0 Å². The molecule has 0 spiro atoms. The summed E-state index contributed by atoms with van der Waals surface area (Å²) in [5.41, 5.74) is 0.752. The zero-order valence-electron chi connectivity index (χ0n) is 15.0. The van der Waals surface area contributed by atoms with Crippen LogP contribution < -0.4 is 4.74 Å². The second-order valence-corrected chi connectivity index (χ2v) is 7.74. The van der Waals surface area contributed by atoms with Crippen molar-refractivity contribution in [3.8, 4) is 17.2 Å². The highest BCUT2D eigenvalue weighted by molar-refractivity contribution is 7.85. The van der Waals surface area contributed by atoms with Crippen molar-refractivity contribution in [3.05, 3.63) is 48.0 Å². The molecule has 0 amide bonds. The summed E-state index contributed by atoms with van der Waals surface area (Å²) in [7, 11) is -4.22. The van der Waals surface area contributed by atoms with Crippen LogP contribution in [0.25, 0.3) is 0 Å². The van der Waals surface area contributed by atoms with Gasteiger partial charge >= 0.3 is 0 Å². The average Bonchev–Trinajstić information content (AvgIpc) is 2.59. The molecule has 2 rings (SSSR count). The molecule has 2 aromatic carbocycles. The van der Waals surface area contributed by atoms with Crippen LogP contribution in [0.2, 0.25) is 0 Å². The fraction of sp³-hybridized carbons (Fsp3) is 0.400. The van der Waals surface area contributed by atoms with E-state index in [0.717, 1.165) is 24.8 Å². The maximum Gasteiger partial charge on any atom is 0.294 e. The third kappa shape index (κ3) is 6.04. The van der Waals surface area contributed by atoms with E-state index in [9.17, 15) is 13.5 Å². The summed E-state index contributed by atoms with van der Waals surface area (Å²) in [4.78, 5) is -0.187. The first-order valence-electron chi connectivity index (χ1n) is 8.98. The Balaban J connectivity index is 2.04. The minimum Gasteiger partial charge on any atom is -0.508 e. The number of benzene rings is 2. The van der Waals surface area contributed by atoms with Crippen LogP contribution in [-0.2, 0) is 16.5 Å². The molecule has 6 heteroatoms. The molecule has 0 saturated carbocycles. The third-order valence-corrected chi connectivity index (χ3v) is 5.11. The molecule has 142 valence electrons. The lowest BCUT2D eigenvalue weighted by Crippen LogP contribution is -1.98. The number of aromatic hydroxyl groups is 1. The van der Waals surface area contributed by atoms with E-state index in [2.05, 4.69) is 6.92 Å². The Morgan fingerprint density at radius 2 is 1.58 bits per heavy atom. The molecule has 0 aromatic heterocycles. The molecule has 0 aliphatic rings. The van der Waals surface area contributed by atoms with Gasteiger partial charge in [0.1, 0.15) is 17.2 Å². The lowest BCUT2D eigenvalue weighted by molar-refractivity contribution is 0.440. The smallest absolute Gasteiger partial charge is 0.294 e. The van der Waals surface area contributed by atoms with Gasteiger partial charge in [0.25, 0.3) is 10.1 Å². The van der Waals surface area contributed by atoms with Gasteiger partial charge in [-0.3, -0.25) is 4.55 Å². The van der Waals surface area contributed by atoms with Crippen LogP contribution in [0.3, 0.4) is 0 Å². The number of phenols is 1. The van der Waals surface area contributed by atoms with E-state index in [4.69, 9.17) is 9.29 Å². The number of hydrogen-bond acceptors (Lipinski definition) is 4. The predicted octanol–water partition coefficient (Wildman–Crippen LogP) is 5.33. The van der Waals surface area contributed by atoms with Gasteiger partial charge in [0.05, 0.1) is 4.90 Å². The van der Waals surface area contributed by atoms with Crippen LogP contribution in [0.4, 0.5) is 0 Å². The number of unbranched alkanes of at least 4 members (excludes halogenated alkanes) is 5. The maximum absolute atomic E-state index is 11.1. The van der Waals surface area contributed by atoms with Crippen molar-refractivity contribution in [2.24, 2.45) is 0 Å². The predicted molar refractivity (Wildman–Crippen MR) is 102 cm³/mol. The van der Waals surface area contributed by atoms with Gasteiger partial charge in [-0.25, -0.2) is 0 Å². The molecule has 0 atom stereocenters. The van der Waals surface area contributed by atoms with E-state index < -0.39 is 10.1 Å². The van der Waals surface area contributed by atoms with E-state index in [1.807, 2.05) is 0 Å². The largest absolute Gasteiger partial charge is 0.508 e. The highest BCUT2D eigenvalue weighted by Crippen LogP contribution is 2.33. The standard InChI is InChI=1S/C20H26O5S/c1-2-3-4-5-6-7-9-18-19(21)10-8-11-20(18)25-16-12-14-17(15-13-16)26(22,23)24/h8,10-15,21H,2-7,9H2,1H3,(H,22,23,24). The van der Waals surface area contributed by atoms with E-state index in [0.29, 0.717) is 11.5 Å². The Bertz CT molecular complexity index is 797. The normalized spacial score (nSPS) is 11.5. The minimum absolute atomic E-state index is 0.187. The van der Waals surface area contributed by atoms with Gasteiger partial charge in [0.2, 0.25) is 0 Å². The second-order valence-electron chi connectivity index (χ2n) is 6.32. The number of phenolic OH excluding ortho intramolecular Hbond substituents is 1. The summed E-state index contributed by atoms with van der Waals surface area (Å²) in [5, 5.41) is 10.2. The summed E-state index contributed by atoms with van der Waals surface area (Å²) in [5.74, 6) is 1.19. The number of rotatable bonds is 10. The molecule has 0 heterocycles. The van der Waals surface area contributed by atoms with E-state index >= 15 is 0 Å². The molecular weight excluding hydrogens is 352 g/mol. The summed E-state index contributed by atoms with van der Waals surface area (Å²) in [6, 6.07) is 10.6. The fourth-order valence-electron chi connectivity index (χ4n) is 2.79. The van der Waals surface area contributed by atoms with Gasteiger partial charge in [0.15, 0.2) is 0 Å². The van der Waals surface area contributed by atoms with Crippen LogP contribution in [0.1, 0.15) is 51.0 Å². The molecular formula is C20H26O5S. The third-order valence-electron chi connectivity index (χ3n) is 4.24. The molecule has 2 N–H and O–H groups in total. The highest BCUT2D eigenvalue weighted by Gasteiger charge is 2.12. The molecule has 0 bridgehead atoms. The maximum atomic E-state index is 11.1. The molecule has 0 radical (unpaired) electrons. The topological polar surface area (TPSA) is 83.8 Å². The molecule has 0 fully saturated rings. The van der Waals surface area contributed by atoms with Crippen molar-refractivity contribution in [1.29, 1.82) is 0 Å². The van der Waals surface area contributed by atoms with Gasteiger partial charge in [-0.05, 0) is 49.2 Å². The molecule has 0 aliphatic carbocycles. The lowest BCUT2D eigenvalue weighted by atomic mass is 10.0. The van der Waals surface area contributed by atoms with Crippen molar-refractivity contribution in [2.75, 3.05) is 0 Å². The molecule has 26 heavy (non-hydrogen) atoms. The van der Waals surface area contributed by atoms with E-state index in [1.165, 1.54) is 49.9 Å². The summed E-state index contributed by atoms with van der Waals surface area (Å²) in [6.45, 7) is 2.19. The first-order chi connectivity index (χ1) is 12.4. The SMILES string of the molecule is CCCCCCCCc1c(O)cccc1Oc1ccc(S(=O)(=O)O)cc1. The zero-order valence-corrected chi connectivity index (χ0v) is 15.8. The van der Waals surface area contributed by atoms with Gasteiger partial charge in [-0.1, -0.05) is 45.1 Å². The average molecular weight is 378 g/mol. The van der Waals surface area contributed by atoms with Crippen LogP contribution >= 0.6 is 0 Å². The molecule has 0 aliphatic heterocycles. The van der Waals surface area contributed by atoms with Crippen LogP contribution in [0, 0.1) is 0 Å². The summed E-state index contributed by atoms with van der Waals surface area (Å²) >= 11 is 0. The molecule has 0 saturated heterocycles. The number of ether oxygens (including phenoxy) is 1. The summed E-state index contributed by atoms with van der Waals surface area (Å²) < 4.78 is 37.0. The van der Waals surface area contributed by atoms with E-state index in [1.54, 1.807) is 18.2 Å². The van der Waals surface area contributed by atoms with Crippen molar-refractivity contribution in [3.63, 3.8) is 0 Å². The molecule has 0 unspecified atom stereocenters. The Hall–Kier alpha value is -2.05. The van der Waals surface area contributed by atoms with Crippen molar-refractivity contribution >= 4 is 10.1 Å². The highest BCUT2D eigenvalue weighted by atomic mass is 32.2. The Kier molecular flexibility index (Phi) is 7.48. The zero-order chi connectivity index (χ0) is 19.0. The van der Waals surface area contributed by atoms with Crippen LogP contribution in [0.5, 0.6) is 17.2 Å². The number of hydrogen-bond donors (Lipinski definition) is 2. The van der Waals surface area contributed by atoms with Crippen molar-refractivity contribution < 1.29 is 22.8 Å². The first kappa shape index (κ1) is 20.3. The second kappa shape index (κ2) is 9.59. The minimum atomic E-state index is -4.22. The van der Waals surface area contributed by atoms with E-state index in [-0.39, 0.29) is 10.6 Å². The van der Waals surface area contributed by atoms with Crippen LogP contribution in [0.15, 0.2) is 47.4 Å². The van der Waals surface area contributed by atoms with Gasteiger partial charge in [0, 0.05) is 5.56 Å². The monoisotopic (exact) mass is 378 g/mol. The molecule has 5 nitrogen and oxygen atoms in total. The van der Waals surface area contributed by atoms with Gasteiger partial charge in [-0.2, -0.15) is 8.42 Å². The lowest BCUT2D eigenvalue weighted by Gasteiger charge is -2.13. The Labute approximate surface area is 155 Å².